The van der Waals surface area contributed by atoms with E-state index in [2.05, 4.69) is 22.4 Å². The minimum Gasteiger partial charge on any atom is -0.395 e. The lowest BCUT2D eigenvalue weighted by Crippen LogP contribution is -2.34. The molecular weight excluding hydrogens is 216 g/mol. The molecule has 1 aromatic heterocycles. The van der Waals surface area contributed by atoms with Gasteiger partial charge in [-0.25, -0.2) is 0 Å². The molecule has 1 aliphatic carbocycles. The van der Waals surface area contributed by atoms with E-state index in [9.17, 15) is 4.79 Å². The topological polar surface area (TPSA) is 83.8 Å². The molecule has 4 N–H and O–H groups in total. The van der Waals surface area contributed by atoms with Crippen LogP contribution in [0.15, 0.2) is 0 Å². The van der Waals surface area contributed by atoms with Crippen LogP contribution in [0.3, 0.4) is 0 Å². The van der Waals surface area contributed by atoms with Gasteiger partial charge < -0.3 is 11.1 Å². The molecule has 5 heteroatoms. The molecule has 0 saturated heterocycles. The summed E-state index contributed by atoms with van der Waals surface area (Å²) in [6, 6.07) is 0.216. The number of nitrogens with two attached hydrogens (primary N) is 1. The third-order valence-electron chi connectivity index (χ3n) is 3.29. The number of carbonyl (C=O) groups excluding carboxylic acids is 1. The van der Waals surface area contributed by atoms with Crippen LogP contribution < -0.4 is 11.1 Å². The average Bonchev–Trinajstić information content (AvgIpc) is 3.06. The second-order valence-corrected chi connectivity index (χ2v) is 4.81. The predicted molar refractivity (Wildman–Crippen MR) is 66.6 cm³/mol. The first-order valence-corrected chi connectivity index (χ1v) is 6.27. The zero-order valence-corrected chi connectivity index (χ0v) is 10.4. The van der Waals surface area contributed by atoms with E-state index < -0.39 is 0 Å². The first kappa shape index (κ1) is 12.0. The molecule has 1 amide bonds. The fourth-order valence-electron chi connectivity index (χ4n) is 1.99. The monoisotopic (exact) mass is 236 g/mol. The molecule has 1 fully saturated rings. The van der Waals surface area contributed by atoms with Crippen LogP contribution in [0.25, 0.3) is 0 Å². The van der Waals surface area contributed by atoms with Gasteiger partial charge in [-0.1, -0.05) is 13.3 Å². The normalized spacial score (nSPS) is 16.8. The van der Waals surface area contributed by atoms with E-state index in [1.54, 1.807) is 0 Å². The van der Waals surface area contributed by atoms with E-state index >= 15 is 0 Å². The van der Waals surface area contributed by atoms with Gasteiger partial charge in [0.2, 0.25) is 0 Å². The molecule has 0 bridgehead atoms. The van der Waals surface area contributed by atoms with Crippen LogP contribution in [-0.4, -0.2) is 22.1 Å². The van der Waals surface area contributed by atoms with Crippen molar-refractivity contribution in [3.05, 3.63) is 11.4 Å². The van der Waals surface area contributed by atoms with E-state index in [0.29, 0.717) is 17.3 Å². The lowest BCUT2D eigenvalue weighted by atomic mass is 10.2. The van der Waals surface area contributed by atoms with Crippen molar-refractivity contribution in [1.29, 1.82) is 0 Å². The Labute approximate surface area is 101 Å². The molecule has 1 unspecified atom stereocenters. The summed E-state index contributed by atoms with van der Waals surface area (Å²) in [7, 11) is 0. The van der Waals surface area contributed by atoms with Crippen molar-refractivity contribution < 1.29 is 4.79 Å². The van der Waals surface area contributed by atoms with Crippen molar-refractivity contribution in [1.82, 2.24) is 15.5 Å². The van der Waals surface area contributed by atoms with Gasteiger partial charge in [0.15, 0.2) is 5.69 Å². The van der Waals surface area contributed by atoms with E-state index in [1.165, 1.54) is 12.8 Å². The number of anilines is 1. The lowest BCUT2D eigenvalue weighted by molar-refractivity contribution is 0.0931. The second-order valence-electron chi connectivity index (χ2n) is 4.81. The molecule has 1 aromatic rings. The number of nitrogens with zero attached hydrogens (tertiary/aromatic N) is 1. The summed E-state index contributed by atoms with van der Waals surface area (Å²) in [4.78, 5) is 12.0. The molecule has 0 radical (unpaired) electrons. The number of aryl methyl sites for hydroxylation is 1. The standard InChI is InChI=1S/C12H20N4O/c1-3-4-9-10(13)11(16-15-9)12(17)14-7(2)8-5-6-8/h7-8H,3-6,13H2,1-2H3,(H,14,17)(H,15,16). The minimum absolute atomic E-state index is 0.166. The molecular formula is C12H20N4O. The highest BCUT2D eigenvalue weighted by molar-refractivity contribution is 5.97. The Morgan fingerprint density at radius 2 is 2.35 bits per heavy atom. The van der Waals surface area contributed by atoms with Crippen LogP contribution >= 0.6 is 0 Å². The van der Waals surface area contributed by atoms with Gasteiger partial charge in [-0.15, -0.1) is 0 Å². The van der Waals surface area contributed by atoms with Crippen molar-refractivity contribution in [3.63, 3.8) is 0 Å². The first-order valence-electron chi connectivity index (χ1n) is 6.27. The maximum Gasteiger partial charge on any atom is 0.274 e. The van der Waals surface area contributed by atoms with Crippen LogP contribution in [-0.2, 0) is 6.42 Å². The number of rotatable bonds is 5. The van der Waals surface area contributed by atoms with Gasteiger partial charge >= 0.3 is 0 Å². The fraction of sp³-hybridized carbons (Fsp3) is 0.667. The number of aromatic nitrogens is 2. The van der Waals surface area contributed by atoms with Crippen LogP contribution in [0.5, 0.6) is 0 Å². The smallest absolute Gasteiger partial charge is 0.274 e. The molecule has 1 atom stereocenters. The van der Waals surface area contributed by atoms with Gasteiger partial charge in [0.05, 0.1) is 11.4 Å². The third kappa shape index (κ3) is 2.60. The van der Waals surface area contributed by atoms with Crippen molar-refractivity contribution in [2.45, 2.75) is 45.6 Å². The number of hydrogen-bond acceptors (Lipinski definition) is 3. The molecule has 0 aromatic carbocycles. The average molecular weight is 236 g/mol. The van der Waals surface area contributed by atoms with Gasteiger partial charge in [0.25, 0.3) is 5.91 Å². The Bertz CT molecular complexity index is 409. The number of H-pyrrole nitrogens is 1. The number of carbonyl (C=O) groups is 1. The predicted octanol–water partition coefficient (Wildman–Crippen LogP) is 1.47. The Hall–Kier alpha value is -1.52. The number of hydrogen-bond donors (Lipinski definition) is 3. The van der Waals surface area contributed by atoms with Gasteiger partial charge in [-0.05, 0) is 32.1 Å². The Kier molecular flexibility index (Phi) is 3.36. The van der Waals surface area contributed by atoms with Gasteiger partial charge in [0.1, 0.15) is 0 Å². The Morgan fingerprint density at radius 3 is 2.94 bits per heavy atom. The highest BCUT2D eigenvalue weighted by Gasteiger charge is 2.30. The minimum atomic E-state index is -0.166. The zero-order valence-electron chi connectivity index (χ0n) is 10.4. The van der Waals surface area contributed by atoms with Gasteiger partial charge in [-0.2, -0.15) is 5.10 Å². The highest BCUT2D eigenvalue weighted by atomic mass is 16.2. The molecule has 1 saturated carbocycles. The number of aromatic amines is 1. The molecule has 1 heterocycles. The summed E-state index contributed by atoms with van der Waals surface area (Å²) >= 11 is 0. The third-order valence-corrected chi connectivity index (χ3v) is 3.29. The van der Waals surface area contributed by atoms with Crippen LogP contribution in [0, 0.1) is 5.92 Å². The second kappa shape index (κ2) is 4.77. The zero-order chi connectivity index (χ0) is 12.4. The van der Waals surface area contributed by atoms with E-state index in [0.717, 1.165) is 18.5 Å². The molecule has 1 aliphatic rings. The van der Waals surface area contributed by atoms with Gasteiger partial charge in [0, 0.05) is 6.04 Å². The van der Waals surface area contributed by atoms with E-state index in [-0.39, 0.29) is 11.9 Å². The summed E-state index contributed by atoms with van der Waals surface area (Å²) < 4.78 is 0. The van der Waals surface area contributed by atoms with Crippen molar-refractivity contribution in [2.75, 3.05) is 5.73 Å². The summed E-state index contributed by atoms with van der Waals surface area (Å²) in [5.74, 6) is 0.467. The highest BCUT2D eigenvalue weighted by Crippen LogP contribution is 2.32. The molecule has 0 aliphatic heterocycles. The Morgan fingerprint density at radius 1 is 1.65 bits per heavy atom. The number of nitrogens with one attached hydrogen (secondary N) is 2. The summed E-state index contributed by atoms with van der Waals surface area (Å²) in [5.41, 5.74) is 7.59. The van der Waals surface area contributed by atoms with E-state index in [1.807, 2.05) is 6.92 Å². The molecule has 2 rings (SSSR count). The molecule has 0 spiro atoms. The largest absolute Gasteiger partial charge is 0.395 e. The molecule has 94 valence electrons. The number of nitrogen functional groups attached to an aromatic ring is 1. The van der Waals surface area contributed by atoms with Crippen LogP contribution in [0.4, 0.5) is 5.69 Å². The first-order chi connectivity index (χ1) is 8.13. The fourth-order valence-corrected chi connectivity index (χ4v) is 1.99. The maximum absolute atomic E-state index is 12.0. The van der Waals surface area contributed by atoms with Gasteiger partial charge in [-0.3, -0.25) is 9.89 Å². The Balaban J connectivity index is 2.02. The number of amides is 1. The summed E-state index contributed by atoms with van der Waals surface area (Å²) in [6.45, 7) is 4.10. The summed E-state index contributed by atoms with van der Waals surface area (Å²) in [5, 5.41) is 9.80. The van der Waals surface area contributed by atoms with Crippen LogP contribution in [0.1, 0.15) is 49.3 Å². The van der Waals surface area contributed by atoms with Crippen molar-refractivity contribution in [2.24, 2.45) is 5.92 Å². The quantitative estimate of drug-likeness (QED) is 0.724. The maximum atomic E-state index is 12.0. The summed E-state index contributed by atoms with van der Waals surface area (Å²) in [6.07, 6.45) is 4.22. The van der Waals surface area contributed by atoms with Crippen molar-refractivity contribution in [3.8, 4) is 0 Å². The van der Waals surface area contributed by atoms with E-state index in [4.69, 9.17) is 5.73 Å². The van der Waals surface area contributed by atoms with Crippen LogP contribution in [0.2, 0.25) is 0 Å². The van der Waals surface area contributed by atoms with Crippen molar-refractivity contribution >= 4 is 11.6 Å². The lowest BCUT2D eigenvalue weighted by Gasteiger charge is -2.11. The molecule has 17 heavy (non-hydrogen) atoms. The SMILES string of the molecule is CCCc1[nH]nc(C(=O)NC(C)C2CC2)c1N. The molecule has 5 nitrogen and oxygen atoms in total.